The van der Waals surface area contributed by atoms with Crippen molar-refractivity contribution < 1.29 is 13.2 Å². The van der Waals surface area contributed by atoms with E-state index in [2.05, 4.69) is 5.32 Å². The minimum absolute atomic E-state index is 0.0266. The molecule has 0 saturated carbocycles. The number of carbonyl (C=O) groups is 1. The monoisotopic (exact) mass is 391 g/mol. The van der Waals surface area contributed by atoms with Crippen LogP contribution in [0.5, 0.6) is 0 Å². The summed E-state index contributed by atoms with van der Waals surface area (Å²) in [6.07, 6.45) is 5.92. The molecule has 1 N–H and O–H groups in total. The molecule has 2 atom stereocenters. The highest BCUT2D eigenvalue weighted by Gasteiger charge is 2.38. The molecule has 1 aromatic rings. The molecule has 27 heavy (non-hydrogen) atoms. The number of carbonyl (C=O) groups excluding carboxylic acids is 1. The van der Waals surface area contributed by atoms with Crippen LogP contribution in [0.4, 0.5) is 0 Å². The zero-order chi connectivity index (χ0) is 19.0. The van der Waals surface area contributed by atoms with Crippen molar-refractivity contribution in [2.24, 2.45) is 0 Å². The molecular weight excluding hydrogens is 362 g/mol. The predicted octanol–water partition coefficient (Wildman–Crippen LogP) is 2.14. The van der Waals surface area contributed by atoms with Crippen molar-refractivity contribution >= 4 is 15.9 Å². The third-order valence-corrected chi connectivity index (χ3v) is 8.30. The maximum Gasteiger partial charge on any atom is 0.254 e. The molecule has 0 spiro atoms. The molecule has 1 amide bonds. The highest BCUT2D eigenvalue weighted by molar-refractivity contribution is 7.89. The zero-order valence-corrected chi connectivity index (χ0v) is 16.8. The molecule has 3 aliphatic heterocycles. The van der Waals surface area contributed by atoms with Crippen LogP contribution in [-0.2, 0) is 10.0 Å². The number of nitrogens with one attached hydrogen (secondary N) is 1. The molecule has 3 aliphatic rings. The van der Waals surface area contributed by atoms with Gasteiger partial charge in [0.25, 0.3) is 5.91 Å². The molecule has 3 saturated heterocycles. The van der Waals surface area contributed by atoms with E-state index in [-0.39, 0.29) is 22.9 Å². The van der Waals surface area contributed by atoms with Crippen molar-refractivity contribution in [2.45, 2.75) is 62.4 Å². The minimum Gasteiger partial charge on any atom is -0.331 e. The number of benzene rings is 1. The van der Waals surface area contributed by atoms with E-state index in [9.17, 15) is 13.2 Å². The van der Waals surface area contributed by atoms with Crippen molar-refractivity contribution in [2.75, 3.05) is 26.2 Å². The van der Waals surface area contributed by atoms with Crippen LogP contribution in [-0.4, -0.2) is 61.8 Å². The van der Waals surface area contributed by atoms with E-state index in [1.165, 1.54) is 0 Å². The fourth-order valence-electron chi connectivity index (χ4n) is 4.72. The Balaban J connectivity index is 1.65. The second kappa shape index (κ2) is 7.53. The Hall–Kier alpha value is -1.44. The highest BCUT2D eigenvalue weighted by atomic mass is 32.2. The van der Waals surface area contributed by atoms with Crippen molar-refractivity contribution in [3.63, 3.8) is 0 Å². The van der Waals surface area contributed by atoms with Gasteiger partial charge in [0.1, 0.15) is 0 Å². The van der Waals surface area contributed by atoms with Gasteiger partial charge in [0.2, 0.25) is 10.0 Å². The van der Waals surface area contributed by atoms with Gasteiger partial charge in [0.05, 0.1) is 4.90 Å². The van der Waals surface area contributed by atoms with E-state index in [0.717, 1.165) is 51.6 Å². The Bertz CT molecular complexity index is 804. The van der Waals surface area contributed by atoms with Crippen LogP contribution in [0.25, 0.3) is 0 Å². The summed E-state index contributed by atoms with van der Waals surface area (Å²) in [5.74, 6) is -0.0266. The number of rotatable bonds is 3. The summed E-state index contributed by atoms with van der Waals surface area (Å²) in [6.45, 7) is 4.72. The second-order valence-electron chi connectivity index (χ2n) is 8.04. The van der Waals surface area contributed by atoms with E-state index in [4.69, 9.17) is 0 Å². The lowest BCUT2D eigenvalue weighted by atomic mass is 10.1. The molecule has 4 rings (SSSR count). The van der Waals surface area contributed by atoms with Crippen molar-refractivity contribution in [3.05, 3.63) is 29.3 Å². The summed E-state index contributed by atoms with van der Waals surface area (Å²) in [4.78, 5) is 15.6. The Labute approximate surface area is 162 Å². The summed E-state index contributed by atoms with van der Waals surface area (Å²) in [7, 11) is -3.55. The van der Waals surface area contributed by atoms with Crippen LogP contribution in [0.15, 0.2) is 23.1 Å². The molecule has 0 aliphatic carbocycles. The number of hydrogen-bond acceptors (Lipinski definition) is 4. The molecule has 6 nitrogen and oxygen atoms in total. The topological polar surface area (TPSA) is 69.7 Å². The fourth-order valence-corrected chi connectivity index (χ4v) is 6.49. The van der Waals surface area contributed by atoms with Gasteiger partial charge < -0.3 is 10.2 Å². The van der Waals surface area contributed by atoms with Crippen molar-refractivity contribution in [1.82, 2.24) is 14.5 Å². The van der Waals surface area contributed by atoms with E-state index in [1.807, 2.05) is 11.8 Å². The summed E-state index contributed by atoms with van der Waals surface area (Å²) in [6, 6.07) is 5.65. The Morgan fingerprint density at radius 1 is 1.07 bits per heavy atom. The molecule has 7 heteroatoms. The van der Waals surface area contributed by atoms with Crippen molar-refractivity contribution in [1.29, 1.82) is 0 Å². The Morgan fingerprint density at radius 2 is 1.81 bits per heavy atom. The molecule has 148 valence electrons. The highest BCUT2D eigenvalue weighted by Crippen LogP contribution is 2.31. The van der Waals surface area contributed by atoms with Crippen LogP contribution in [0.3, 0.4) is 0 Å². The van der Waals surface area contributed by atoms with Crippen LogP contribution < -0.4 is 5.32 Å². The normalized spacial score (nSPS) is 26.8. The molecule has 0 radical (unpaired) electrons. The van der Waals surface area contributed by atoms with Gasteiger partial charge in [-0.3, -0.25) is 4.79 Å². The van der Waals surface area contributed by atoms with Gasteiger partial charge in [0, 0.05) is 37.3 Å². The first kappa shape index (κ1) is 18.9. The third kappa shape index (κ3) is 3.52. The smallest absolute Gasteiger partial charge is 0.254 e. The van der Waals surface area contributed by atoms with Crippen LogP contribution in [0.2, 0.25) is 0 Å². The predicted molar refractivity (Wildman–Crippen MR) is 104 cm³/mol. The van der Waals surface area contributed by atoms with Gasteiger partial charge in [-0.15, -0.1) is 0 Å². The lowest BCUT2D eigenvalue weighted by Gasteiger charge is -2.29. The number of hydrogen-bond donors (Lipinski definition) is 1. The Morgan fingerprint density at radius 3 is 2.59 bits per heavy atom. The number of nitrogens with zero attached hydrogens (tertiary/aromatic N) is 2. The summed E-state index contributed by atoms with van der Waals surface area (Å²) in [5, 5.41) is 3.41. The SMILES string of the molecule is Cc1ccc(C(=O)N2C3CCNCC2CC3)cc1S(=O)(=O)N1CCCCC1. The first-order chi connectivity index (χ1) is 13.0. The lowest BCUT2D eigenvalue weighted by Crippen LogP contribution is -2.42. The largest absolute Gasteiger partial charge is 0.331 e. The number of piperidine rings is 1. The van der Waals surface area contributed by atoms with Crippen LogP contribution >= 0.6 is 0 Å². The summed E-state index contributed by atoms with van der Waals surface area (Å²) < 4.78 is 27.9. The van der Waals surface area contributed by atoms with Gasteiger partial charge in [-0.1, -0.05) is 12.5 Å². The van der Waals surface area contributed by atoms with E-state index >= 15 is 0 Å². The van der Waals surface area contributed by atoms with Gasteiger partial charge >= 0.3 is 0 Å². The van der Waals surface area contributed by atoms with Gasteiger partial charge in [-0.05, 0) is 63.3 Å². The molecule has 3 heterocycles. The Kier molecular flexibility index (Phi) is 5.27. The molecular formula is C20H29N3O3S. The third-order valence-electron chi connectivity index (χ3n) is 6.26. The van der Waals surface area contributed by atoms with Crippen LogP contribution in [0, 0.1) is 6.92 Å². The molecule has 3 fully saturated rings. The number of amides is 1. The van der Waals surface area contributed by atoms with Gasteiger partial charge in [-0.2, -0.15) is 4.31 Å². The molecule has 2 bridgehead atoms. The van der Waals surface area contributed by atoms with Crippen molar-refractivity contribution in [3.8, 4) is 0 Å². The summed E-state index contributed by atoms with van der Waals surface area (Å²) >= 11 is 0. The fraction of sp³-hybridized carbons (Fsp3) is 0.650. The number of sulfonamides is 1. The summed E-state index contributed by atoms with van der Waals surface area (Å²) in [5.41, 5.74) is 1.20. The first-order valence-electron chi connectivity index (χ1n) is 10.1. The first-order valence-corrected chi connectivity index (χ1v) is 11.6. The standard InChI is InChI=1S/C20H29N3O3S/c1-15-5-6-16(13-19(15)27(25,26)22-11-3-2-4-12-22)20(24)23-17-7-8-18(23)14-21-10-9-17/h5-6,13,17-18,21H,2-4,7-12,14H2,1H3. The van der Waals surface area contributed by atoms with E-state index < -0.39 is 10.0 Å². The quantitative estimate of drug-likeness (QED) is 0.857. The van der Waals surface area contributed by atoms with Gasteiger partial charge in [0.15, 0.2) is 0 Å². The van der Waals surface area contributed by atoms with Crippen LogP contribution in [0.1, 0.15) is 54.4 Å². The molecule has 0 aromatic heterocycles. The molecule has 1 aromatic carbocycles. The maximum absolute atomic E-state index is 13.3. The average Bonchev–Trinajstić information content (AvgIpc) is 2.94. The maximum atomic E-state index is 13.3. The van der Waals surface area contributed by atoms with Gasteiger partial charge in [-0.25, -0.2) is 8.42 Å². The number of aryl methyl sites for hydroxylation is 1. The number of fused-ring (bicyclic) bond motifs is 2. The van der Waals surface area contributed by atoms with E-state index in [1.54, 1.807) is 22.5 Å². The van der Waals surface area contributed by atoms with E-state index in [0.29, 0.717) is 24.2 Å². The lowest BCUT2D eigenvalue weighted by molar-refractivity contribution is 0.0680. The molecule has 2 unspecified atom stereocenters. The second-order valence-corrected chi connectivity index (χ2v) is 9.94. The average molecular weight is 392 g/mol. The zero-order valence-electron chi connectivity index (χ0n) is 16.0. The minimum atomic E-state index is -3.55.